The molecule has 9 atom stereocenters. The van der Waals surface area contributed by atoms with E-state index in [1.165, 1.54) is 0 Å². The van der Waals surface area contributed by atoms with Crippen molar-refractivity contribution in [2.24, 2.45) is 11.8 Å². The van der Waals surface area contributed by atoms with Crippen molar-refractivity contribution in [3.05, 3.63) is 0 Å². The van der Waals surface area contributed by atoms with Gasteiger partial charge in [0.25, 0.3) is 0 Å². The van der Waals surface area contributed by atoms with E-state index >= 15 is 0 Å². The van der Waals surface area contributed by atoms with Crippen LogP contribution in [-0.4, -0.2) is 97.7 Å². The number of carbonyl (C=O) groups excluding carboxylic acids is 2. The molecule has 0 aromatic rings. The molecule has 8 N–H and O–H groups in total. The van der Waals surface area contributed by atoms with Crippen molar-refractivity contribution >= 4 is 19.8 Å². The second-order valence-corrected chi connectivity index (χ2v) is 10.00. The fraction of sp³-hybridized carbons (Fsp3) is 0.882. The van der Waals surface area contributed by atoms with Crippen molar-refractivity contribution in [2.75, 3.05) is 13.2 Å². The van der Waals surface area contributed by atoms with Gasteiger partial charge in [0, 0.05) is 18.6 Å². The minimum atomic E-state index is -4.85. The number of aliphatic hydroxyl groups is 3. The van der Waals surface area contributed by atoms with Gasteiger partial charge in [-0.2, -0.15) is 0 Å². The molecule has 0 aromatic heterocycles. The van der Waals surface area contributed by atoms with Crippen molar-refractivity contribution in [3.63, 3.8) is 0 Å². The first-order chi connectivity index (χ1) is 14.4. The Kier molecular flexibility index (Phi) is 7.41. The molecule has 2 heterocycles. The summed E-state index contributed by atoms with van der Waals surface area (Å²) in [5, 5.41) is 39.0. The molecule has 1 saturated carbocycles. The molecule has 178 valence electrons. The highest BCUT2D eigenvalue weighted by molar-refractivity contribution is 7.46. The normalized spacial score (nSPS) is 37.1. The lowest BCUT2D eigenvalue weighted by atomic mass is 9.73. The smallest absolute Gasteiger partial charge is 0.389 e. The van der Waals surface area contributed by atoms with Crippen LogP contribution >= 0.6 is 7.82 Å². The summed E-state index contributed by atoms with van der Waals surface area (Å²) in [5.41, 5.74) is 0. The quantitative estimate of drug-likeness (QED) is 0.183. The fourth-order valence-electron chi connectivity index (χ4n) is 4.68. The van der Waals surface area contributed by atoms with Gasteiger partial charge in [0.2, 0.25) is 5.91 Å². The maximum atomic E-state index is 12.4. The van der Waals surface area contributed by atoms with Crippen molar-refractivity contribution in [1.82, 2.24) is 20.9 Å². The minimum absolute atomic E-state index is 0.0829. The van der Waals surface area contributed by atoms with Gasteiger partial charge in [-0.15, -0.1) is 0 Å². The third kappa shape index (κ3) is 5.62. The van der Waals surface area contributed by atoms with Crippen LogP contribution in [0.1, 0.15) is 26.7 Å². The van der Waals surface area contributed by atoms with Crippen molar-refractivity contribution in [2.45, 2.75) is 69.3 Å². The van der Waals surface area contributed by atoms with Gasteiger partial charge >= 0.3 is 13.9 Å². The third-order valence-corrected chi connectivity index (χ3v) is 7.05. The Bertz CT molecular complexity index is 736. The first kappa shape index (κ1) is 24.5. The molecule has 3 aliphatic rings. The third-order valence-electron chi connectivity index (χ3n) is 6.57. The Morgan fingerprint density at radius 2 is 1.77 bits per heavy atom. The molecular weight excluding hydrogens is 435 g/mol. The number of carbonyl (C=O) groups is 2. The number of aliphatic hydroxyl groups excluding tert-OH is 3. The first-order valence-electron chi connectivity index (χ1n) is 10.2. The minimum Gasteiger partial charge on any atom is -0.389 e. The fourth-order valence-corrected chi connectivity index (χ4v) is 5.03. The van der Waals surface area contributed by atoms with Gasteiger partial charge in [-0.3, -0.25) is 24.9 Å². The Hall–Kier alpha value is -1.15. The molecule has 3 fully saturated rings. The second kappa shape index (κ2) is 9.38. The molecule has 0 radical (unpaired) electrons. The number of nitrogens with one attached hydrogen (secondary N) is 3. The van der Waals surface area contributed by atoms with Crippen LogP contribution in [0.4, 0.5) is 4.79 Å². The van der Waals surface area contributed by atoms with Gasteiger partial charge < -0.3 is 30.4 Å². The molecule has 31 heavy (non-hydrogen) atoms. The standard InChI is InChI=1S/C17H31N4O9P/c1-7-3-9-10(4-8(7)2)21(15-13(18-9)16(25)20-17(26)19-15)5-11(22)14(24)12(23)6-30-31(27,28)29/h7-15,18,22-24H,3-6H2,1-2H3,(H2,27,28,29)(H2,19,20,25,26)/t7?,8?,9?,10?,11-,12+,13?,14-,15?/m0/s1. The largest absolute Gasteiger partial charge is 0.469 e. The number of phosphoric ester groups is 1. The van der Waals surface area contributed by atoms with E-state index in [9.17, 15) is 29.5 Å². The average Bonchev–Trinajstić information content (AvgIpc) is 2.67. The molecule has 3 rings (SSSR count). The number of urea groups is 1. The molecule has 3 amide bonds. The summed E-state index contributed by atoms with van der Waals surface area (Å²) in [4.78, 5) is 43.6. The maximum Gasteiger partial charge on any atom is 0.469 e. The number of phosphoric acid groups is 1. The van der Waals surface area contributed by atoms with Crippen LogP contribution in [0, 0.1) is 11.8 Å². The Morgan fingerprint density at radius 3 is 2.42 bits per heavy atom. The number of rotatable bonds is 7. The highest BCUT2D eigenvalue weighted by Crippen LogP contribution is 2.37. The lowest BCUT2D eigenvalue weighted by Gasteiger charge is -2.55. The van der Waals surface area contributed by atoms with Crippen LogP contribution in [0.3, 0.4) is 0 Å². The average molecular weight is 466 g/mol. The molecule has 0 bridgehead atoms. The van der Waals surface area contributed by atoms with E-state index in [2.05, 4.69) is 34.3 Å². The van der Waals surface area contributed by atoms with Gasteiger partial charge in [0.1, 0.15) is 24.4 Å². The lowest BCUT2D eigenvalue weighted by molar-refractivity contribution is -0.135. The molecule has 1 aliphatic carbocycles. The van der Waals surface area contributed by atoms with E-state index in [1.807, 2.05) is 0 Å². The zero-order chi connectivity index (χ0) is 23.1. The highest BCUT2D eigenvalue weighted by Gasteiger charge is 2.51. The number of hydrogen-bond donors (Lipinski definition) is 8. The Labute approximate surface area is 179 Å². The lowest BCUT2D eigenvalue weighted by Crippen LogP contribution is -2.79. The summed E-state index contributed by atoms with van der Waals surface area (Å²) >= 11 is 0. The molecule has 0 aromatic carbocycles. The van der Waals surface area contributed by atoms with Crippen LogP contribution in [0.5, 0.6) is 0 Å². The molecule has 2 saturated heterocycles. The molecule has 6 unspecified atom stereocenters. The number of β-amino-alcohol motifs (C(OH)–C–C–N with tert-alkyl or cyclic N) is 1. The van der Waals surface area contributed by atoms with Gasteiger partial charge in [0.15, 0.2) is 0 Å². The zero-order valence-corrected chi connectivity index (χ0v) is 18.2. The van der Waals surface area contributed by atoms with Crippen LogP contribution in [0.25, 0.3) is 0 Å². The van der Waals surface area contributed by atoms with Crippen LogP contribution in [0.2, 0.25) is 0 Å². The van der Waals surface area contributed by atoms with Crippen LogP contribution < -0.4 is 16.0 Å². The van der Waals surface area contributed by atoms with Gasteiger partial charge in [-0.1, -0.05) is 13.8 Å². The number of nitrogens with zero attached hydrogens (tertiary/aromatic N) is 1. The van der Waals surface area contributed by atoms with E-state index in [1.54, 1.807) is 4.90 Å². The Balaban J connectivity index is 1.77. The summed E-state index contributed by atoms with van der Waals surface area (Å²) in [6.07, 6.45) is -4.33. The van der Waals surface area contributed by atoms with Crippen LogP contribution in [-0.2, 0) is 13.9 Å². The van der Waals surface area contributed by atoms with E-state index in [0.717, 1.165) is 12.8 Å². The van der Waals surface area contributed by atoms with Crippen molar-refractivity contribution in [3.8, 4) is 0 Å². The molecule has 0 spiro atoms. The summed E-state index contributed by atoms with van der Waals surface area (Å²) < 4.78 is 15.0. The van der Waals surface area contributed by atoms with E-state index in [0.29, 0.717) is 11.8 Å². The molecule has 14 heteroatoms. The van der Waals surface area contributed by atoms with E-state index in [4.69, 9.17) is 9.79 Å². The maximum absolute atomic E-state index is 12.4. The molecule has 13 nitrogen and oxygen atoms in total. The van der Waals surface area contributed by atoms with Gasteiger partial charge in [-0.05, 0) is 24.7 Å². The topological polar surface area (TPSA) is 201 Å². The molecule has 2 aliphatic heterocycles. The highest BCUT2D eigenvalue weighted by atomic mass is 31.2. The molecular formula is C17H31N4O9P. The van der Waals surface area contributed by atoms with Crippen LogP contribution in [0.15, 0.2) is 0 Å². The number of hydrogen-bond acceptors (Lipinski definition) is 9. The predicted molar refractivity (Wildman–Crippen MR) is 105 cm³/mol. The van der Waals surface area contributed by atoms with Crippen molar-refractivity contribution in [1.29, 1.82) is 0 Å². The first-order valence-corrected chi connectivity index (χ1v) is 11.8. The summed E-state index contributed by atoms with van der Waals surface area (Å²) in [6.45, 7) is 3.16. The number of piperazine rings is 1. The second-order valence-electron chi connectivity index (χ2n) is 8.76. The predicted octanol–water partition coefficient (Wildman–Crippen LogP) is -2.58. The monoisotopic (exact) mass is 466 g/mol. The number of fused-ring (bicyclic) bond motifs is 2. The summed E-state index contributed by atoms with van der Waals surface area (Å²) in [7, 11) is -4.85. The zero-order valence-electron chi connectivity index (χ0n) is 17.3. The number of amides is 3. The van der Waals surface area contributed by atoms with Gasteiger partial charge in [-0.25, -0.2) is 9.36 Å². The van der Waals surface area contributed by atoms with E-state index in [-0.39, 0.29) is 18.6 Å². The van der Waals surface area contributed by atoms with E-state index < -0.39 is 56.9 Å². The number of imide groups is 1. The van der Waals surface area contributed by atoms with Crippen molar-refractivity contribution < 1.29 is 43.8 Å². The summed E-state index contributed by atoms with van der Waals surface area (Å²) in [5.74, 6) is 0.253. The SMILES string of the molecule is CC1CC2NC3C(=O)NC(=O)NC3N(C[C@H](O)[C@H](O)[C@H](O)COP(=O)(O)O)C2CC1C. The Morgan fingerprint density at radius 1 is 1.13 bits per heavy atom. The summed E-state index contributed by atoms with van der Waals surface area (Å²) in [6, 6.07) is -1.66. The van der Waals surface area contributed by atoms with Gasteiger partial charge in [0.05, 0.1) is 12.7 Å².